The quantitative estimate of drug-likeness (QED) is 0.492. The molecule has 0 saturated heterocycles. The van der Waals surface area contributed by atoms with Gasteiger partial charge in [0.2, 0.25) is 0 Å². The van der Waals surface area contributed by atoms with Crippen LogP contribution >= 0.6 is 0 Å². The molecular weight excluding hydrogens is 392 g/mol. The number of methoxy groups -OCH3 is 2. The van der Waals surface area contributed by atoms with Crippen molar-refractivity contribution in [3.63, 3.8) is 0 Å². The van der Waals surface area contributed by atoms with Crippen molar-refractivity contribution in [3.05, 3.63) is 59.2 Å². The van der Waals surface area contributed by atoms with Crippen molar-refractivity contribution in [1.29, 1.82) is 0 Å². The Balaban J connectivity index is 2.00. The van der Waals surface area contributed by atoms with Crippen LogP contribution in [0.15, 0.2) is 47.5 Å². The second-order valence-electron chi connectivity index (χ2n) is 7.11. The number of carbonyl (C=O) groups is 1. The maximum Gasteiger partial charge on any atom is 0.253 e. The Labute approximate surface area is 185 Å². The molecule has 31 heavy (non-hydrogen) atoms. The summed E-state index contributed by atoms with van der Waals surface area (Å²) < 4.78 is 10.8. The molecule has 7 nitrogen and oxygen atoms in total. The molecule has 0 aromatic heterocycles. The van der Waals surface area contributed by atoms with Crippen molar-refractivity contribution in [3.8, 4) is 11.5 Å². The highest BCUT2D eigenvalue weighted by atomic mass is 16.5. The predicted octanol–water partition coefficient (Wildman–Crippen LogP) is 3.39. The fraction of sp³-hybridized carbons (Fsp3) is 0.417. The number of hydrogen-bond acceptors (Lipinski definition) is 4. The Morgan fingerprint density at radius 3 is 2.26 bits per heavy atom. The van der Waals surface area contributed by atoms with E-state index >= 15 is 0 Å². The number of nitrogens with one attached hydrogen (secondary N) is 1. The molecule has 1 N–H and O–H groups in total. The normalized spacial score (nSPS) is 11.1. The summed E-state index contributed by atoms with van der Waals surface area (Å²) in [6.45, 7) is 6.63. The highest BCUT2D eigenvalue weighted by molar-refractivity contribution is 5.94. The highest BCUT2D eigenvalue weighted by Gasteiger charge is 2.13. The highest BCUT2D eigenvalue weighted by Crippen LogP contribution is 2.25. The van der Waals surface area contributed by atoms with Gasteiger partial charge in [0.05, 0.1) is 14.2 Å². The number of aliphatic imine (C=N–C) groups is 1. The van der Waals surface area contributed by atoms with Crippen LogP contribution in [0.1, 0.15) is 35.3 Å². The number of carbonyl (C=O) groups excluding carboxylic acids is 1. The van der Waals surface area contributed by atoms with Gasteiger partial charge in [0, 0.05) is 57.5 Å². The second-order valence-corrected chi connectivity index (χ2v) is 7.11. The lowest BCUT2D eigenvalue weighted by atomic mass is 10.1. The molecule has 0 bridgehead atoms. The Bertz CT molecular complexity index is 877. The largest absolute Gasteiger partial charge is 0.497 e. The number of guanidine groups is 1. The van der Waals surface area contributed by atoms with Gasteiger partial charge >= 0.3 is 0 Å². The van der Waals surface area contributed by atoms with Crippen LogP contribution in [0.4, 0.5) is 0 Å². The third-order valence-electron chi connectivity index (χ3n) is 5.18. The van der Waals surface area contributed by atoms with Gasteiger partial charge in [0.1, 0.15) is 11.5 Å². The van der Waals surface area contributed by atoms with E-state index in [4.69, 9.17) is 9.47 Å². The van der Waals surface area contributed by atoms with Gasteiger partial charge in [-0.05, 0) is 43.7 Å². The van der Waals surface area contributed by atoms with Crippen molar-refractivity contribution < 1.29 is 14.3 Å². The number of ether oxygens (including phenoxy) is 2. The minimum Gasteiger partial charge on any atom is -0.497 e. The standard InChI is InChI=1S/C24H34N4O3/c1-7-28(8-2)23(29)19-11-9-18(10-12-19)16-26-24(25-3)27(4)17-20-13-14-21(30-5)15-22(20)31-6/h9-15H,7-8,16-17H2,1-6H3,(H,25,26). The Kier molecular flexibility index (Phi) is 9.18. The second kappa shape index (κ2) is 11.8. The van der Waals surface area contributed by atoms with Gasteiger partial charge in [-0.2, -0.15) is 0 Å². The minimum absolute atomic E-state index is 0.0634. The summed E-state index contributed by atoms with van der Waals surface area (Å²) >= 11 is 0. The number of amides is 1. The monoisotopic (exact) mass is 426 g/mol. The average Bonchev–Trinajstić information content (AvgIpc) is 2.80. The Morgan fingerprint density at radius 2 is 1.71 bits per heavy atom. The molecular formula is C24H34N4O3. The van der Waals surface area contributed by atoms with Gasteiger partial charge in [-0.3, -0.25) is 9.79 Å². The van der Waals surface area contributed by atoms with Crippen LogP contribution in [0.3, 0.4) is 0 Å². The third kappa shape index (κ3) is 6.38. The first kappa shape index (κ1) is 24.1. The van der Waals surface area contributed by atoms with Crippen molar-refractivity contribution in [2.75, 3.05) is 41.4 Å². The van der Waals surface area contributed by atoms with Gasteiger partial charge in [-0.15, -0.1) is 0 Å². The maximum atomic E-state index is 12.5. The van der Waals surface area contributed by atoms with Crippen molar-refractivity contribution in [2.24, 2.45) is 4.99 Å². The molecule has 2 rings (SSSR count). The molecule has 0 heterocycles. The van der Waals surface area contributed by atoms with Gasteiger partial charge < -0.3 is 24.6 Å². The first-order valence-corrected chi connectivity index (χ1v) is 10.5. The van der Waals surface area contributed by atoms with E-state index in [-0.39, 0.29) is 5.91 Å². The zero-order valence-corrected chi connectivity index (χ0v) is 19.4. The fourth-order valence-electron chi connectivity index (χ4n) is 3.34. The van der Waals surface area contributed by atoms with E-state index < -0.39 is 0 Å². The zero-order valence-electron chi connectivity index (χ0n) is 19.4. The molecule has 0 aliphatic carbocycles. The molecule has 0 fully saturated rings. The van der Waals surface area contributed by atoms with Crippen LogP contribution in [0.2, 0.25) is 0 Å². The molecule has 2 aromatic rings. The summed E-state index contributed by atoms with van der Waals surface area (Å²) in [7, 11) is 7.03. The van der Waals surface area contributed by atoms with Crippen LogP contribution in [-0.2, 0) is 13.1 Å². The number of rotatable bonds is 9. The molecule has 0 radical (unpaired) electrons. The lowest BCUT2D eigenvalue weighted by molar-refractivity contribution is 0.0773. The molecule has 7 heteroatoms. The molecule has 0 aliphatic rings. The summed E-state index contributed by atoms with van der Waals surface area (Å²) in [6.07, 6.45) is 0. The van der Waals surface area contributed by atoms with Gasteiger partial charge in [0.25, 0.3) is 5.91 Å². The molecule has 0 aliphatic heterocycles. The Morgan fingerprint density at radius 1 is 1.03 bits per heavy atom. The first-order valence-electron chi connectivity index (χ1n) is 10.5. The van der Waals surface area contributed by atoms with Crippen LogP contribution in [0.5, 0.6) is 11.5 Å². The predicted molar refractivity (Wildman–Crippen MR) is 125 cm³/mol. The molecule has 168 valence electrons. The van der Waals surface area contributed by atoms with Crippen molar-refractivity contribution >= 4 is 11.9 Å². The smallest absolute Gasteiger partial charge is 0.253 e. The first-order chi connectivity index (χ1) is 15.0. The van der Waals surface area contributed by atoms with E-state index in [1.165, 1.54) is 0 Å². The molecule has 0 spiro atoms. The van der Waals surface area contributed by atoms with E-state index in [0.29, 0.717) is 31.7 Å². The van der Waals surface area contributed by atoms with Crippen LogP contribution in [-0.4, -0.2) is 63.1 Å². The van der Waals surface area contributed by atoms with E-state index in [1.54, 1.807) is 21.3 Å². The molecule has 0 saturated carbocycles. The lowest BCUT2D eigenvalue weighted by Gasteiger charge is -2.23. The van der Waals surface area contributed by atoms with E-state index in [9.17, 15) is 4.79 Å². The molecule has 0 atom stereocenters. The van der Waals surface area contributed by atoms with Gasteiger partial charge in [0.15, 0.2) is 5.96 Å². The van der Waals surface area contributed by atoms with Gasteiger partial charge in [-0.25, -0.2) is 0 Å². The molecule has 2 aromatic carbocycles. The third-order valence-corrected chi connectivity index (χ3v) is 5.18. The average molecular weight is 427 g/mol. The van der Waals surface area contributed by atoms with Crippen LogP contribution in [0, 0.1) is 0 Å². The summed E-state index contributed by atoms with van der Waals surface area (Å²) in [6, 6.07) is 13.5. The number of nitrogens with zero attached hydrogens (tertiary/aromatic N) is 3. The van der Waals surface area contributed by atoms with Crippen molar-refractivity contribution in [2.45, 2.75) is 26.9 Å². The molecule has 0 unspecified atom stereocenters. The summed E-state index contributed by atoms with van der Waals surface area (Å²) in [5, 5.41) is 3.37. The van der Waals surface area contributed by atoms with E-state index in [0.717, 1.165) is 28.6 Å². The van der Waals surface area contributed by atoms with Crippen molar-refractivity contribution in [1.82, 2.24) is 15.1 Å². The van der Waals surface area contributed by atoms with E-state index in [1.807, 2.05) is 73.2 Å². The van der Waals surface area contributed by atoms with Gasteiger partial charge in [-0.1, -0.05) is 12.1 Å². The van der Waals surface area contributed by atoms with Crippen LogP contribution in [0.25, 0.3) is 0 Å². The SMILES string of the molecule is CCN(CC)C(=O)c1ccc(CNC(=NC)N(C)Cc2ccc(OC)cc2OC)cc1. The number of benzene rings is 2. The summed E-state index contributed by atoms with van der Waals surface area (Å²) in [5.74, 6) is 2.36. The van der Waals surface area contributed by atoms with Crippen LogP contribution < -0.4 is 14.8 Å². The zero-order chi connectivity index (χ0) is 22.8. The Hall–Kier alpha value is -3.22. The lowest BCUT2D eigenvalue weighted by Crippen LogP contribution is -2.38. The fourth-order valence-corrected chi connectivity index (χ4v) is 3.34. The minimum atomic E-state index is 0.0634. The molecule has 1 amide bonds. The van der Waals surface area contributed by atoms with E-state index in [2.05, 4.69) is 10.3 Å². The summed E-state index contributed by atoms with van der Waals surface area (Å²) in [4.78, 5) is 20.7. The topological polar surface area (TPSA) is 66.4 Å². The maximum absolute atomic E-state index is 12.5. The number of hydrogen-bond donors (Lipinski definition) is 1. The summed E-state index contributed by atoms with van der Waals surface area (Å²) in [5.41, 5.74) is 2.82.